The van der Waals surface area contributed by atoms with Crippen molar-refractivity contribution in [2.45, 2.75) is 70.6 Å². The molecular formula is C22H28F3NO4. The number of alkyl halides is 3. The van der Waals surface area contributed by atoms with Gasteiger partial charge >= 0.3 is 18.2 Å². The summed E-state index contributed by atoms with van der Waals surface area (Å²) in [6.07, 6.45) is -2.91. The summed E-state index contributed by atoms with van der Waals surface area (Å²) in [7, 11) is 1.27. The van der Waals surface area contributed by atoms with Crippen LogP contribution in [0.25, 0.3) is 10.9 Å². The topological polar surface area (TPSA) is 57.5 Å². The Hall–Kier alpha value is -2.51. The smallest absolute Gasteiger partial charge is 0.419 e. The molecule has 0 amide bonds. The van der Waals surface area contributed by atoms with Gasteiger partial charge in [0.25, 0.3) is 0 Å². The summed E-state index contributed by atoms with van der Waals surface area (Å²) in [6.45, 7) is 5.28. The van der Waals surface area contributed by atoms with E-state index in [1.165, 1.54) is 11.7 Å². The highest BCUT2D eigenvalue weighted by atomic mass is 19.4. The fourth-order valence-electron chi connectivity index (χ4n) is 3.34. The lowest BCUT2D eigenvalue weighted by Gasteiger charge is -2.19. The van der Waals surface area contributed by atoms with E-state index < -0.39 is 36.2 Å². The second-order valence-corrected chi connectivity index (χ2v) is 8.24. The maximum atomic E-state index is 12.7. The first-order valence-electron chi connectivity index (χ1n) is 9.91. The lowest BCUT2D eigenvalue weighted by molar-refractivity contribution is -0.143. The van der Waals surface area contributed by atoms with E-state index in [2.05, 4.69) is 0 Å². The number of halogens is 3. The van der Waals surface area contributed by atoms with Gasteiger partial charge in [0.15, 0.2) is 0 Å². The molecule has 0 aliphatic rings. The molecule has 0 saturated carbocycles. The summed E-state index contributed by atoms with van der Waals surface area (Å²) < 4.78 is 48.8. The minimum absolute atomic E-state index is 0.0110. The number of ether oxygens (including phenoxy) is 2. The van der Waals surface area contributed by atoms with Gasteiger partial charge in [0.05, 0.1) is 18.5 Å². The van der Waals surface area contributed by atoms with Crippen LogP contribution >= 0.6 is 0 Å². The van der Waals surface area contributed by atoms with E-state index in [0.717, 1.165) is 0 Å². The lowest BCUT2D eigenvalue weighted by Crippen LogP contribution is -2.26. The Morgan fingerprint density at radius 1 is 1.07 bits per heavy atom. The average Bonchev–Trinajstić information content (AvgIpc) is 3.01. The zero-order valence-electron chi connectivity index (χ0n) is 17.7. The van der Waals surface area contributed by atoms with Crippen LogP contribution in [-0.2, 0) is 14.3 Å². The summed E-state index contributed by atoms with van der Waals surface area (Å²) in [5.41, 5.74) is 0.495. The van der Waals surface area contributed by atoms with Crippen molar-refractivity contribution in [3.8, 4) is 0 Å². The van der Waals surface area contributed by atoms with Crippen molar-refractivity contribution in [1.82, 2.24) is 4.57 Å². The monoisotopic (exact) mass is 427 g/mol. The molecule has 0 aliphatic carbocycles. The summed E-state index contributed by atoms with van der Waals surface area (Å²) >= 11 is 0. The Kier molecular flexibility index (Phi) is 7.55. The molecule has 0 radical (unpaired) electrons. The molecule has 0 bridgehead atoms. The van der Waals surface area contributed by atoms with Crippen molar-refractivity contribution in [3.63, 3.8) is 0 Å². The molecule has 30 heavy (non-hydrogen) atoms. The second-order valence-electron chi connectivity index (χ2n) is 8.24. The molecule has 1 aromatic heterocycles. The van der Waals surface area contributed by atoms with Crippen molar-refractivity contribution in [2.75, 3.05) is 7.11 Å². The van der Waals surface area contributed by atoms with Gasteiger partial charge in [0.2, 0.25) is 0 Å². The molecule has 166 valence electrons. The molecule has 0 fully saturated rings. The lowest BCUT2D eigenvalue weighted by atomic mass is 9.92. The fourth-order valence-corrected chi connectivity index (χ4v) is 3.34. The van der Waals surface area contributed by atoms with Gasteiger partial charge in [-0.05, 0) is 45.2 Å². The van der Waals surface area contributed by atoms with Crippen LogP contribution in [0.1, 0.15) is 64.4 Å². The van der Waals surface area contributed by atoms with Crippen molar-refractivity contribution < 1.29 is 32.2 Å². The predicted molar refractivity (Wildman–Crippen MR) is 107 cm³/mol. The number of fused-ring (bicyclic) bond motifs is 1. The zero-order chi connectivity index (χ0) is 22.5. The molecule has 1 heterocycles. The zero-order valence-corrected chi connectivity index (χ0v) is 17.7. The van der Waals surface area contributed by atoms with Crippen LogP contribution in [0.15, 0.2) is 30.5 Å². The maximum Gasteiger partial charge on any atom is 0.419 e. The highest BCUT2D eigenvalue weighted by molar-refractivity contribution is 5.95. The van der Waals surface area contributed by atoms with E-state index >= 15 is 0 Å². The minimum atomic E-state index is -4.18. The molecule has 2 rings (SSSR count). The SMILES string of the molecule is COC(=O)C(CCCCCC(F)(F)F)c1cn(C(=O)OC(C)(C)C)c2ccccc12. The number of nitrogens with zero attached hydrogens (tertiary/aromatic N) is 1. The fraction of sp³-hybridized carbons (Fsp3) is 0.545. The number of methoxy groups -OCH3 is 1. The third-order valence-electron chi connectivity index (χ3n) is 4.65. The van der Waals surface area contributed by atoms with Gasteiger partial charge in [0.1, 0.15) is 5.60 Å². The van der Waals surface area contributed by atoms with Crippen molar-refractivity contribution in [3.05, 3.63) is 36.0 Å². The van der Waals surface area contributed by atoms with Crippen LogP contribution < -0.4 is 0 Å². The summed E-state index contributed by atoms with van der Waals surface area (Å²) in [5.74, 6) is -1.17. The van der Waals surface area contributed by atoms with Crippen LogP contribution in [0.4, 0.5) is 18.0 Å². The van der Waals surface area contributed by atoms with Crippen LogP contribution in [0.5, 0.6) is 0 Å². The molecule has 8 heteroatoms. The molecule has 0 aliphatic heterocycles. The van der Waals surface area contributed by atoms with Crippen LogP contribution in [0.2, 0.25) is 0 Å². The standard InChI is InChI=1S/C22H28F3NO4/c1-21(2,3)30-20(28)26-14-17(15-10-7-8-12-18(15)26)16(19(27)29-4)11-6-5-9-13-22(23,24)25/h7-8,10,12,14,16H,5-6,9,11,13H2,1-4H3. The van der Waals surface area contributed by atoms with Crippen LogP contribution in [0, 0.1) is 0 Å². The number of rotatable bonds is 7. The number of carbonyl (C=O) groups is 2. The van der Waals surface area contributed by atoms with E-state index in [1.54, 1.807) is 51.2 Å². The number of benzene rings is 1. The largest absolute Gasteiger partial charge is 0.469 e. The number of unbranched alkanes of at least 4 members (excludes halogenated alkanes) is 2. The first-order valence-corrected chi connectivity index (χ1v) is 9.91. The quantitative estimate of drug-likeness (QED) is 0.390. The van der Waals surface area contributed by atoms with Gasteiger partial charge < -0.3 is 9.47 Å². The van der Waals surface area contributed by atoms with Gasteiger partial charge in [-0.15, -0.1) is 0 Å². The molecule has 0 spiro atoms. The van der Waals surface area contributed by atoms with Gasteiger partial charge in [-0.2, -0.15) is 13.2 Å². The first-order chi connectivity index (χ1) is 13.9. The van der Waals surface area contributed by atoms with E-state index in [1.807, 2.05) is 0 Å². The molecule has 1 unspecified atom stereocenters. The average molecular weight is 427 g/mol. The molecule has 0 N–H and O–H groups in total. The van der Waals surface area contributed by atoms with E-state index in [0.29, 0.717) is 35.7 Å². The summed E-state index contributed by atoms with van der Waals surface area (Å²) in [5, 5.41) is 0.703. The number of para-hydroxylation sites is 1. The van der Waals surface area contributed by atoms with Gasteiger partial charge in [-0.25, -0.2) is 4.79 Å². The summed E-state index contributed by atoms with van der Waals surface area (Å²) in [6, 6.07) is 7.12. The number of hydrogen-bond acceptors (Lipinski definition) is 4. The Balaban J connectivity index is 2.29. The summed E-state index contributed by atoms with van der Waals surface area (Å²) in [4.78, 5) is 25.1. The highest BCUT2D eigenvalue weighted by Gasteiger charge is 2.29. The van der Waals surface area contributed by atoms with Crippen molar-refractivity contribution >= 4 is 23.0 Å². The molecule has 5 nitrogen and oxygen atoms in total. The number of esters is 1. The van der Waals surface area contributed by atoms with E-state index in [-0.39, 0.29) is 6.42 Å². The third kappa shape index (κ3) is 6.50. The second kappa shape index (κ2) is 9.53. The van der Waals surface area contributed by atoms with Gasteiger partial charge in [0, 0.05) is 18.0 Å². The minimum Gasteiger partial charge on any atom is -0.469 e. The Morgan fingerprint density at radius 3 is 2.33 bits per heavy atom. The maximum absolute atomic E-state index is 12.7. The first kappa shape index (κ1) is 23.8. The molecule has 0 saturated heterocycles. The number of hydrogen-bond donors (Lipinski definition) is 0. The Morgan fingerprint density at radius 2 is 1.73 bits per heavy atom. The molecule has 1 atom stereocenters. The number of carbonyl (C=O) groups excluding carboxylic acids is 2. The Labute approximate surface area is 174 Å². The van der Waals surface area contributed by atoms with Crippen LogP contribution in [-0.4, -0.2) is 35.5 Å². The number of aromatic nitrogens is 1. The van der Waals surface area contributed by atoms with Gasteiger partial charge in [-0.3, -0.25) is 9.36 Å². The molecule has 1 aromatic carbocycles. The highest BCUT2D eigenvalue weighted by Crippen LogP contribution is 2.33. The van der Waals surface area contributed by atoms with Gasteiger partial charge in [-0.1, -0.05) is 31.0 Å². The van der Waals surface area contributed by atoms with E-state index in [9.17, 15) is 22.8 Å². The Bertz CT molecular complexity index is 881. The van der Waals surface area contributed by atoms with Crippen molar-refractivity contribution in [2.24, 2.45) is 0 Å². The molecular weight excluding hydrogens is 399 g/mol. The predicted octanol–water partition coefficient (Wildman–Crippen LogP) is 6.19. The van der Waals surface area contributed by atoms with E-state index in [4.69, 9.17) is 9.47 Å². The van der Waals surface area contributed by atoms with Crippen LogP contribution in [0.3, 0.4) is 0 Å². The molecule has 2 aromatic rings. The van der Waals surface area contributed by atoms with Crippen molar-refractivity contribution in [1.29, 1.82) is 0 Å². The third-order valence-corrected chi connectivity index (χ3v) is 4.65. The normalized spacial score (nSPS) is 13.3.